The van der Waals surface area contributed by atoms with Crippen molar-refractivity contribution in [2.24, 2.45) is 5.92 Å². The Morgan fingerprint density at radius 2 is 1.86 bits per heavy atom. The topological polar surface area (TPSA) is 21.3 Å². The molecule has 0 fully saturated rings. The normalized spacial score (nSPS) is 11.1. The molecule has 1 aromatic rings. The Labute approximate surface area is 138 Å². The van der Waals surface area contributed by atoms with Crippen LogP contribution in [0.25, 0.3) is 0 Å². The van der Waals surface area contributed by atoms with Gasteiger partial charge in [0.15, 0.2) is 0 Å². The highest BCUT2D eigenvalue weighted by Gasteiger charge is 2.06. The van der Waals surface area contributed by atoms with Crippen molar-refractivity contribution in [2.75, 3.05) is 20.2 Å². The molecule has 0 saturated carbocycles. The number of rotatable bonds is 10. The summed E-state index contributed by atoms with van der Waals surface area (Å²) in [5, 5.41) is 3.50. The third-order valence-corrected chi connectivity index (χ3v) is 4.52. The van der Waals surface area contributed by atoms with E-state index in [1.165, 1.54) is 41.3 Å². The highest BCUT2D eigenvalue weighted by molar-refractivity contribution is 9.10. The van der Waals surface area contributed by atoms with Crippen LogP contribution in [0.4, 0.5) is 0 Å². The summed E-state index contributed by atoms with van der Waals surface area (Å²) in [6, 6.07) is 4.33. The fourth-order valence-corrected chi connectivity index (χ4v) is 2.78. The number of hydrogen-bond donors (Lipinski definition) is 1. The molecule has 0 aromatic heterocycles. The van der Waals surface area contributed by atoms with Gasteiger partial charge in [-0.3, -0.25) is 0 Å². The van der Waals surface area contributed by atoms with Gasteiger partial charge in [0.1, 0.15) is 5.75 Å². The van der Waals surface area contributed by atoms with E-state index in [1.807, 2.05) is 0 Å². The lowest BCUT2D eigenvalue weighted by atomic mass is 10.0. The molecule has 0 atom stereocenters. The number of nitrogens with one attached hydrogen (secondary N) is 1. The van der Waals surface area contributed by atoms with Crippen LogP contribution in [0, 0.1) is 12.8 Å². The van der Waals surface area contributed by atoms with Crippen LogP contribution in [-0.2, 0) is 6.42 Å². The molecule has 0 spiro atoms. The molecule has 0 radical (unpaired) electrons. The fraction of sp³-hybridized carbons (Fsp3) is 0.667. The molecule has 0 unspecified atom stereocenters. The van der Waals surface area contributed by atoms with E-state index in [9.17, 15) is 0 Å². The first-order valence-corrected chi connectivity index (χ1v) is 8.87. The van der Waals surface area contributed by atoms with E-state index >= 15 is 0 Å². The van der Waals surface area contributed by atoms with Crippen molar-refractivity contribution in [3.05, 3.63) is 27.7 Å². The van der Waals surface area contributed by atoms with Crippen LogP contribution in [0.3, 0.4) is 0 Å². The van der Waals surface area contributed by atoms with Crippen LogP contribution in [0.15, 0.2) is 16.6 Å². The van der Waals surface area contributed by atoms with Crippen molar-refractivity contribution in [1.29, 1.82) is 0 Å². The molecule has 0 bridgehead atoms. The third-order valence-electron chi connectivity index (χ3n) is 3.66. The average Bonchev–Trinajstić information content (AvgIpc) is 2.44. The predicted molar refractivity (Wildman–Crippen MR) is 95.3 cm³/mol. The van der Waals surface area contributed by atoms with Crippen LogP contribution >= 0.6 is 15.9 Å². The maximum absolute atomic E-state index is 5.48. The first-order valence-electron chi connectivity index (χ1n) is 8.08. The lowest BCUT2D eigenvalue weighted by molar-refractivity contribution is 0.408. The minimum atomic E-state index is 0.748. The number of benzene rings is 1. The number of aryl methyl sites for hydroxylation is 2. The third kappa shape index (κ3) is 7.32. The molecule has 120 valence electrons. The summed E-state index contributed by atoms with van der Waals surface area (Å²) >= 11 is 3.61. The number of hydrogen-bond acceptors (Lipinski definition) is 2. The second-order valence-electron chi connectivity index (χ2n) is 6.18. The van der Waals surface area contributed by atoms with E-state index in [2.05, 4.69) is 54.2 Å². The van der Waals surface area contributed by atoms with Crippen molar-refractivity contribution < 1.29 is 4.74 Å². The first kappa shape index (κ1) is 18.5. The molecular weight excluding hydrogens is 326 g/mol. The van der Waals surface area contributed by atoms with E-state index in [0.717, 1.165) is 31.2 Å². The van der Waals surface area contributed by atoms with Gasteiger partial charge in [0, 0.05) is 4.47 Å². The summed E-state index contributed by atoms with van der Waals surface area (Å²) in [5.41, 5.74) is 2.54. The Bertz CT molecular complexity index is 418. The van der Waals surface area contributed by atoms with Crippen LogP contribution in [-0.4, -0.2) is 20.2 Å². The van der Waals surface area contributed by atoms with Gasteiger partial charge < -0.3 is 10.1 Å². The molecule has 1 aromatic carbocycles. The lowest BCUT2D eigenvalue weighted by Crippen LogP contribution is -2.20. The highest BCUT2D eigenvalue weighted by atomic mass is 79.9. The Morgan fingerprint density at radius 1 is 1.14 bits per heavy atom. The smallest absolute Gasteiger partial charge is 0.122 e. The molecular formula is C18H30BrNO. The van der Waals surface area contributed by atoms with Crippen molar-refractivity contribution in [2.45, 2.75) is 52.9 Å². The van der Waals surface area contributed by atoms with E-state index < -0.39 is 0 Å². The summed E-state index contributed by atoms with van der Waals surface area (Å²) < 4.78 is 6.66. The molecule has 0 aliphatic carbocycles. The molecule has 3 heteroatoms. The minimum Gasteiger partial charge on any atom is -0.496 e. The van der Waals surface area contributed by atoms with Crippen LogP contribution in [0.2, 0.25) is 0 Å². The van der Waals surface area contributed by atoms with Crippen LogP contribution in [0.5, 0.6) is 5.75 Å². The zero-order chi connectivity index (χ0) is 15.7. The largest absolute Gasteiger partial charge is 0.496 e. The number of methoxy groups -OCH3 is 1. The van der Waals surface area contributed by atoms with Crippen molar-refractivity contribution in [3.8, 4) is 5.75 Å². The molecule has 0 aliphatic rings. The van der Waals surface area contributed by atoms with Gasteiger partial charge in [-0.05, 0) is 68.5 Å². The average molecular weight is 356 g/mol. The molecule has 0 aliphatic heterocycles. The Morgan fingerprint density at radius 3 is 2.52 bits per heavy atom. The predicted octanol–water partition coefficient (Wildman–Crippen LogP) is 5.11. The van der Waals surface area contributed by atoms with E-state index in [4.69, 9.17) is 4.74 Å². The standard InChI is InChI=1S/C18H30BrNO/c1-14(2)13-20-10-8-6-5-7-9-16-12-17(19)15(3)11-18(16)21-4/h11-12,14,20H,5-10,13H2,1-4H3. The van der Waals surface area contributed by atoms with E-state index in [-0.39, 0.29) is 0 Å². The fourth-order valence-electron chi connectivity index (χ4n) is 2.39. The Hall–Kier alpha value is -0.540. The SMILES string of the molecule is COc1cc(C)c(Br)cc1CCCCCCNCC(C)C. The van der Waals surface area contributed by atoms with Crippen molar-refractivity contribution >= 4 is 15.9 Å². The number of ether oxygens (including phenoxy) is 1. The monoisotopic (exact) mass is 355 g/mol. The Kier molecular flexibility index (Phi) is 9.02. The summed E-state index contributed by atoms with van der Waals surface area (Å²) in [5.74, 6) is 1.77. The molecule has 2 nitrogen and oxygen atoms in total. The maximum Gasteiger partial charge on any atom is 0.122 e. The second kappa shape index (κ2) is 10.2. The van der Waals surface area contributed by atoms with Crippen LogP contribution in [0.1, 0.15) is 50.7 Å². The minimum absolute atomic E-state index is 0.748. The van der Waals surface area contributed by atoms with E-state index in [0.29, 0.717) is 0 Å². The number of unbranched alkanes of at least 4 members (excludes halogenated alkanes) is 3. The van der Waals surface area contributed by atoms with E-state index in [1.54, 1.807) is 7.11 Å². The van der Waals surface area contributed by atoms with Gasteiger partial charge in [-0.15, -0.1) is 0 Å². The first-order chi connectivity index (χ1) is 10.0. The molecule has 1 rings (SSSR count). The summed E-state index contributed by atoms with van der Waals surface area (Å²) in [6.45, 7) is 8.88. The van der Waals surface area contributed by atoms with Gasteiger partial charge in [0.25, 0.3) is 0 Å². The summed E-state index contributed by atoms with van der Waals surface area (Å²) in [7, 11) is 1.76. The molecule has 1 N–H and O–H groups in total. The van der Waals surface area contributed by atoms with Gasteiger partial charge >= 0.3 is 0 Å². The van der Waals surface area contributed by atoms with Gasteiger partial charge in [-0.1, -0.05) is 42.6 Å². The quantitative estimate of drug-likeness (QED) is 0.588. The van der Waals surface area contributed by atoms with Gasteiger partial charge in [-0.2, -0.15) is 0 Å². The Balaban J connectivity index is 2.22. The molecule has 21 heavy (non-hydrogen) atoms. The van der Waals surface area contributed by atoms with Gasteiger partial charge in [0.05, 0.1) is 7.11 Å². The van der Waals surface area contributed by atoms with Crippen molar-refractivity contribution in [1.82, 2.24) is 5.32 Å². The number of halogens is 1. The maximum atomic E-state index is 5.48. The van der Waals surface area contributed by atoms with Crippen LogP contribution < -0.4 is 10.1 Å². The van der Waals surface area contributed by atoms with Crippen molar-refractivity contribution in [3.63, 3.8) is 0 Å². The highest BCUT2D eigenvalue weighted by Crippen LogP contribution is 2.28. The summed E-state index contributed by atoms with van der Waals surface area (Å²) in [6.07, 6.45) is 6.21. The second-order valence-corrected chi connectivity index (χ2v) is 7.03. The summed E-state index contributed by atoms with van der Waals surface area (Å²) in [4.78, 5) is 0. The molecule has 0 saturated heterocycles. The van der Waals surface area contributed by atoms with Gasteiger partial charge in [0.2, 0.25) is 0 Å². The zero-order valence-corrected chi connectivity index (χ0v) is 15.6. The zero-order valence-electron chi connectivity index (χ0n) is 14.0. The van der Waals surface area contributed by atoms with Gasteiger partial charge in [-0.25, -0.2) is 0 Å². The molecule has 0 amide bonds. The molecule has 0 heterocycles. The lowest BCUT2D eigenvalue weighted by Gasteiger charge is -2.11.